The van der Waals surface area contributed by atoms with Crippen LogP contribution in [-0.4, -0.2) is 29.9 Å². The highest BCUT2D eigenvalue weighted by molar-refractivity contribution is 7.08. The first-order valence-electron chi connectivity index (χ1n) is 5.67. The molecule has 1 aliphatic rings. The minimum atomic E-state index is 0.169. The molecule has 4 heteroatoms. The fraction of sp³-hybridized carbons (Fsp3) is 0.583. The van der Waals surface area contributed by atoms with E-state index < -0.39 is 0 Å². The van der Waals surface area contributed by atoms with Crippen LogP contribution in [0.5, 0.6) is 0 Å². The number of hydrogen-bond donors (Lipinski definition) is 1. The SMILES string of the molecule is Cc1cscc1C(=O)N1CC(CN)CC1C. The molecule has 88 valence electrons. The number of nitrogens with two attached hydrogens (primary N) is 1. The molecule has 2 rings (SSSR count). The lowest BCUT2D eigenvalue weighted by atomic mass is 10.1. The molecule has 2 atom stereocenters. The molecule has 16 heavy (non-hydrogen) atoms. The second-order valence-electron chi connectivity index (χ2n) is 4.61. The van der Waals surface area contributed by atoms with Gasteiger partial charge < -0.3 is 10.6 Å². The summed E-state index contributed by atoms with van der Waals surface area (Å²) in [5.41, 5.74) is 7.61. The molecular weight excluding hydrogens is 220 g/mol. The van der Waals surface area contributed by atoms with Crippen molar-refractivity contribution in [3.05, 3.63) is 21.9 Å². The van der Waals surface area contributed by atoms with Crippen molar-refractivity contribution in [2.24, 2.45) is 11.7 Å². The van der Waals surface area contributed by atoms with E-state index in [9.17, 15) is 4.79 Å². The summed E-state index contributed by atoms with van der Waals surface area (Å²) in [5, 5.41) is 3.97. The zero-order valence-electron chi connectivity index (χ0n) is 9.77. The van der Waals surface area contributed by atoms with Crippen LogP contribution in [0.2, 0.25) is 0 Å². The lowest BCUT2D eigenvalue weighted by molar-refractivity contribution is 0.0743. The van der Waals surface area contributed by atoms with Gasteiger partial charge in [-0.25, -0.2) is 0 Å². The van der Waals surface area contributed by atoms with Gasteiger partial charge in [-0.3, -0.25) is 4.79 Å². The topological polar surface area (TPSA) is 46.3 Å². The number of rotatable bonds is 2. The summed E-state index contributed by atoms with van der Waals surface area (Å²) < 4.78 is 0. The van der Waals surface area contributed by atoms with E-state index in [1.807, 2.05) is 22.6 Å². The summed E-state index contributed by atoms with van der Waals surface area (Å²) in [4.78, 5) is 14.3. The van der Waals surface area contributed by atoms with E-state index in [0.717, 1.165) is 24.1 Å². The van der Waals surface area contributed by atoms with Crippen LogP contribution in [0, 0.1) is 12.8 Å². The van der Waals surface area contributed by atoms with Gasteiger partial charge in [0.05, 0.1) is 5.56 Å². The molecule has 2 unspecified atom stereocenters. The molecular formula is C12H18N2OS. The van der Waals surface area contributed by atoms with E-state index in [2.05, 4.69) is 6.92 Å². The highest BCUT2D eigenvalue weighted by Crippen LogP contribution is 2.26. The molecule has 1 amide bonds. The van der Waals surface area contributed by atoms with Gasteiger partial charge in [-0.2, -0.15) is 11.3 Å². The Kier molecular flexibility index (Phi) is 3.30. The average molecular weight is 238 g/mol. The van der Waals surface area contributed by atoms with Crippen LogP contribution in [0.1, 0.15) is 29.3 Å². The smallest absolute Gasteiger partial charge is 0.255 e. The van der Waals surface area contributed by atoms with Gasteiger partial charge in [-0.15, -0.1) is 0 Å². The molecule has 1 aromatic rings. The molecule has 1 saturated heterocycles. The third kappa shape index (κ3) is 1.99. The normalized spacial score (nSPS) is 25.1. The Hall–Kier alpha value is -0.870. The predicted molar refractivity (Wildman–Crippen MR) is 66.7 cm³/mol. The first-order valence-corrected chi connectivity index (χ1v) is 6.61. The standard InChI is InChI=1S/C12H18N2OS/c1-8-6-16-7-11(8)12(15)14-5-10(4-13)3-9(14)2/h6-7,9-10H,3-5,13H2,1-2H3. The molecule has 1 aromatic heterocycles. The van der Waals surface area contributed by atoms with E-state index in [1.165, 1.54) is 0 Å². The number of thiophene rings is 1. The number of likely N-dealkylation sites (tertiary alicyclic amines) is 1. The highest BCUT2D eigenvalue weighted by atomic mass is 32.1. The van der Waals surface area contributed by atoms with Crippen molar-refractivity contribution in [1.82, 2.24) is 4.90 Å². The third-order valence-corrected chi connectivity index (χ3v) is 4.20. The van der Waals surface area contributed by atoms with Gasteiger partial charge in [0.2, 0.25) is 0 Å². The zero-order chi connectivity index (χ0) is 11.7. The van der Waals surface area contributed by atoms with Crippen molar-refractivity contribution in [2.75, 3.05) is 13.1 Å². The number of hydrogen-bond acceptors (Lipinski definition) is 3. The summed E-state index contributed by atoms with van der Waals surface area (Å²) in [6.45, 7) is 5.59. The Morgan fingerprint density at radius 3 is 2.88 bits per heavy atom. The maximum atomic E-state index is 12.3. The van der Waals surface area contributed by atoms with Crippen LogP contribution < -0.4 is 5.73 Å². The molecule has 0 bridgehead atoms. The monoisotopic (exact) mass is 238 g/mol. The average Bonchev–Trinajstić information content (AvgIpc) is 2.83. The largest absolute Gasteiger partial charge is 0.336 e. The van der Waals surface area contributed by atoms with Crippen LogP contribution in [0.4, 0.5) is 0 Å². The minimum absolute atomic E-state index is 0.169. The first-order chi connectivity index (χ1) is 7.63. The molecule has 1 fully saturated rings. The molecule has 2 N–H and O–H groups in total. The Morgan fingerprint density at radius 1 is 1.62 bits per heavy atom. The lowest BCUT2D eigenvalue weighted by Gasteiger charge is -2.21. The Balaban J connectivity index is 2.14. The Bertz CT molecular complexity index is 388. The van der Waals surface area contributed by atoms with Gasteiger partial charge in [-0.1, -0.05) is 0 Å². The number of nitrogens with zero attached hydrogens (tertiary/aromatic N) is 1. The van der Waals surface area contributed by atoms with Gasteiger partial charge in [0, 0.05) is 18.0 Å². The number of carbonyl (C=O) groups excluding carboxylic acids is 1. The van der Waals surface area contributed by atoms with E-state index in [1.54, 1.807) is 11.3 Å². The molecule has 1 aliphatic heterocycles. The molecule has 2 heterocycles. The van der Waals surface area contributed by atoms with E-state index in [4.69, 9.17) is 5.73 Å². The van der Waals surface area contributed by atoms with Crippen molar-refractivity contribution in [3.63, 3.8) is 0 Å². The highest BCUT2D eigenvalue weighted by Gasteiger charge is 2.32. The van der Waals surface area contributed by atoms with Gasteiger partial charge in [0.15, 0.2) is 0 Å². The fourth-order valence-corrected chi connectivity index (χ4v) is 3.15. The zero-order valence-corrected chi connectivity index (χ0v) is 10.6. The lowest BCUT2D eigenvalue weighted by Crippen LogP contribution is -2.34. The number of carbonyl (C=O) groups is 1. The number of amides is 1. The first kappa shape index (κ1) is 11.6. The van der Waals surface area contributed by atoms with E-state index >= 15 is 0 Å². The molecule has 3 nitrogen and oxygen atoms in total. The second-order valence-corrected chi connectivity index (χ2v) is 5.36. The Morgan fingerprint density at radius 2 is 2.38 bits per heavy atom. The summed E-state index contributed by atoms with van der Waals surface area (Å²) in [6, 6.07) is 0.320. The van der Waals surface area contributed by atoms with Crippen LogP contribution in [-0.2, 0) is 0 Å². The fourth-order valence-electron chi connectivity index (χ4n) is 2.33. The van der Waals surface area contributed by atoms with Gasteiger partial charge >= 0.3 is 0 Å². The van der Waals surface area contributed by atoms with Gasteiger partial charge in [-0.05, 0) is 43.7 Å². The molecule has 0 aliphatic carbocycles. The molecule has 0 aromatic carbocycles. The van der Waals surface area contributed by atoms with Crippen LogP contribution in [0.15, 0.2) is 10.8 Å². The second kappa shape index (κ2) is 4.55. The van der Waals surface area contributed by atoms with Crippen LogP contribution in [0.3, 0.4) is 0 Å². The molecule has 0 radical (unpaired) electrons. The predicted octanol–water partition coefficient (Wildman–Crippen LogP) is 1.87. The maximum Gasteiger partial charge on any atom is 0.255 e. The third-order valence-electron chi connectivity index (χ3n) is 3.34. The Labute approximate surface area is 100 Å². The van der Waals surface area contributed by atoms with Crippen molar-refractivity contribution in [2.45, 2.75) is 26.3 Å². The summed E-state index contributed by atoms with van der Waals surface area (Å²) in [7, 11) is 0. The van der Waals surface area contributed by atoms with Crippen molar-refractivity contribution in [3.8, 4) is 0 Å². The van der Waals surface area contributed by atoms with Crippen molar-refractivity contribution < 1.29 is 4.79 Å². The van der Waals surface area contributed by atoms with Crippen LogP contribution in [0.25, 0.3) is 0 Å². The minimum Gasteiger partial charge on any atom is -0.336 e. The summed E-state index contributed by atoms with van der Waals surface area (Å²) in [5.74, 6) is 0.639. The van der Waals surface area contributed by atoms with E-state index in [0.29, 0.717) is 18.5 Å². The number of aryl methyl sites for hydroxylation is 1. The van der Waals surface area contributed by atoms with Gasteiger partial charge in [0.25, 0.3) is 5.91 Å². The van der Waals surface area contributed by atoms with E-state index in [-0.39, 0.29) is 5.91 Å². The quantitative estimate of drug-likeness (QED) is 0.855. The summed E-state index contributed by atoms with van der Waals surface area (Å²) >= 11 is 1.59. The van der Waals surface area contributed by atoms with Gasteiger partial charge in [0.1, 0.15) is 0 Å². The molecule has 0 saturated carbocycles. The maximum absolute atomic E-state index is 12.3. The van der Waals surface area contributed by atoms with Crippen molar-refractivity contribution >= 4 is 17.2 Å². The van der Waals surface area contributed by atoms with Crippen LogP contribution >= 0.6 is 11.3 Å². The summed E-state index contributed by atoms with van der Waals surface area (Å²) in [6.07, 6.45) is 1.03. The molecule has 0 spiro atoms. The van der Waals surface area contributed by atoms with Crippen molar-refractivity contribution in [1.29, 1.82) is 0 Å².